The molecule has 1 atom stereocenters. The van der Waals surface area contributed by atoms with E-state index >= 15 is 0 Å². The van der Waals surface area contributed by atoms with Gasteiger partial charge in [-0.1, -0.05) is 20.8 Å². The minimum atomic E-state index is 0.0493. The number of carbonyl (C=O) groups is 1. The van der Waals surface area contributed by atoms with Crippen molar-refractivity contribution in [3.63, 3.8) is 0 Å². The van der Waals surface area contributed by atoms with E-state index in [9.17, 15) is 4.79 Å². The van der Waals surface area contributed by atoms with Crippen LogP contribution in [0.15, 0.2) is 0 Å². The zero-order valence-electron chi connectivity index (χ0n) is 10.9. The minimum Gasteiger partial charge on any atom is -0.327 e. The molecule has 0 saturated carbocycles. The molecule has 0 spiro atoms. The summed E-state index contributed by atoms with van der Waals surface area (Å²) in [5, 5.41) is 3.27. The van der Waals surface area contributed by atoms with Gasteiger partial charge in [-0.25, -0.2) is 0 Å². The van der Waals surface area contributed by atoms with E-state index in [4.69, 9.17) is 0 Å². The third kappa shape index (κ3) is 2.72. The van der Waals surface area contributed by atoms with Crippen molar-refractivity contribution in [3.8, 4) is 0 Å². The van der Waals surface area contributed by atoms with Gasteiger partial charge in [-0.15, -0.1) is 0 Å². The highest BCUT2D eigenvalue weighted by molar-refractivity contribution is 8.00. The summed E-state index contributed by atoms with van der Waals surface area (Å²) in [7, 11) is 0. The molecule has 0 bridgehead atoms. The average molecular weight is 244 g/mol. The lowest BCUT2D eigenvalue weighted by Crippen LogP contribution is -2.42. The third-order valence-corrected chi connectivity index (χ3v) is 5.32. The van der Waals surface area contributed by atoms with Crippen LogP contribution in [0.5, 0.6) is 0 Å². The van der Waals surface area contributed by atoms with Gasteiger partial charge in [0.15, 0.2) is 0 Å². The van der Waals surface area contributed by atoms with Crippen molar-refractivity contribution >= 4 is 17.7 Å². The van der Waals surface area contributed by atoms with Crippen LogP contribution in [-0.2, 0) is 4.79 Å². The number of amides is 1. The van der Waals surface area contributed by atoms with Gasteiger partial charge in [0.25, 0.3) is 0 Å². The van der Waals surface area contributed by atoms with Crippen LogP contribution in [0.1, 0.15) is 40.0 Å². The van der Waals surface area contributed by atoms with Gasteiger partial charge in [0, 0.05) is 11.3 Å². The van der Waals surface area contributed by atoms with Gasteiger partial charge < -0.3 is 4.90 Å². The monoisotopic (exact) mass is 244 g/mol. The minimum absolute atomic E-state index is 0.0493. The highest BCUT2D eigenvalue weighted by Gasteiger charge is 2.35. The fourth-order valence-corrected chi connectivity index (χ4v) is 3.10. The molecule has 0 aromatic carbocycles. The first-order valence-electron chi connectivity index (χ1n) is 6.19. The van der Waals surface area contributed by atoms with E-state index < -0.39 is 0 Å². The van der Waals surface area contributed by atoms with Gasteiger partial charge in [0.05, 0.1) is 12.7 Å². The van der Waals surface area contributed by atoms with E-state index in [2.05, 4.69) is 32.3 Å². The summed E-state index contributed by atoms with van der Waals surface area (Å²) in [6.07, 6.45) is 5.27. The maximum absolute atomic E-state index is 12.0. The van der Waals surface area contributed by atoms with Crippen molar-refractivity contribution < 1.29 is 4.79 Å². The molecule has 0 radical (unpaired) electrons. The lowest BCUT2D eigenvalue weighted by molar-refractivity contribution is -0.129. The van der Waals surface area contributed by atoms with E-state index in [0.29, 0.717) is 0 Å². The number of hydrogen-bond acceptors (Lipinski definition) is 3. The summed E-state index contributed by atoms with van der Waals surface area (Å²) in [6, 6.07) is 0.0493. The molecule has 1 N–H and O–H groups in total. The van der Waals surface area contributed by atoms with E-state index in [-0.39, 0.29) is 16.7 Å². The van der Waals surface area contributed by atoms with E-state index in [1.807, 2.05) is 16.7 Å². The first-order chi connectivity index (χ1) is 7.62. The number of carbonyl (C=O) groups excluding carboxylic acids is 1. The van der Waals surface area contributed by atoms with Crippen LogP contribution in [0.3, 0.4) is 0 Å². The Bertz CT molecular complexity index is 233. The van der Waals surface area contributed by atoms with Crippen LogP contribution in [0, 0.1) is 0 Å². The molecule has 16 heavy (non-hydrogen) atoms. The van der Waals surface area contributed by atoms with Gasteiger partial charge in [0.2, 0.25) is 5.91 Å². The SMILES string of the molecule is CCC1NCN(CC(CC)(CC)SC)C1=O. The van der Waals surface area contributed by atoms with Crippen LogP contribution < -0.4 is 5.32 Å². The molecule has 1 fully saturated rings. The fourth-order valence-electron chi connectivity index (χ4n) is 2.23. The molecule has 1 amide bonds. The Morgan fingerprint density at radius 3 is 2.44 bits per heavy atom. The summed E-state index contributed by atoms with van der Waals surface area (Å²) in [5.41, 5.74) is 0. The van der Waals surface area contributed by atoms with E-state index in [0.717, 1.165) is 32.5 Å². The zero-order chi connectivity index (χ0) is 12.2. The number of thioether (sulfide) groups is 1. The van der Waals surface area contributed by atoms with Crippen molar-refractivity contribution in [2.45, 2.75) is 50.8 Å². The Hall–Kier alpha value is -0.220. The van der Waals surface area contributed by atoms with Crippen molar-refractivity contribution in [2.75, 3.05) is 19.5 Å². The topological polar surface area (TPSA) is 32.3 Å². The molecule has 3 nitrogen and oxygen atoms in total. The Labute approximate surface area is 103 Å². The molecule has 0 aliphatic carbocycles. The summed E-state index contributed by atoms with van der Waals surface area (Å²) < 4.78 is 0.236. The fraction of sp³-hybridized carbons (Fsp3) is 0.917. The molecule has 0 aromatic rings. The second kappa shape index (κ2) is 5.92. The van der Waals surface area contributed by atoms with Crippen LogP contribution in [0.2, 0.25) is 0 Å². The van der Waals surface area contributed by atoms with Crippen molar-refractivity contribution in [2.24, 2.45) is 0 Å². The van der Waals surface area contributed by atoms with Crippen LogP contribution in [0.25, 0.3) is 0 Å². The average Bonchev–Trinajstić information content (AvgIpc) is 2.67. The quantitative estimate of drug-likeness (QED) is 0.776. The molecule has 94 valence electrons. The van der Waals surface area contributed by atoms with Crippen LogP contribution in [-0.4, -0.2) is 41.1 Å². The first-order valence-corrected chi connectivity index (χ1v) is 7.42. The molecule has 1 aliphatic rings. The molecule has 1 aliphatic heterocycles. The first kappa shape index (κ1) is 13.8. The smallest absolute Gasteiger partial charge is 0.240 e. The van der Waals surface area contributed by atoms with E-state index in [1.54, 1.807) is 0 Å². The molecular weight excluding hydrogens is 220 g/mol. The molecule has 1 unspecified atom stereocenters. The molecule has 0 aromatic heterocycles. The van der Waals surface area contributed by atoms with Crippen molar-refractivity contribution in [3.05, 3.63) is 0 Å². The Morgan fingerprint density at radius 2 is 2.06 bits per heavy atom. The summed E-state index contributed by atoms with van der Waals surface area (Å²) in [6.45, 7) is 8.08. The predicted octanol–water partition coefficient (Wildman–Crippen LogP) is 2.08. The Balaban J connectivity index is 2.63. The van der Waals surface area contributed by atoms with E-state index in [1.165, 1.54) is 0 Å². The predicted molar refractivity (Wildman–Crippen MR) is 70.6 cm³/mol. The maximum atomic E-state index is 12.0. The lowest BCUT2D eigenvalue weighted by Gasteiger charge is -2.33. The highest BCUT2D eigenvalue weighted by atomic mass is 32.2. The molecule has 4 heteroatoms. The third-order valence-electron chi connectivity index (χ3n) is 3.75. The molecule has 1 saturated heterocycles. The van der Waals surface area contributed by atoms with Crippen molar-refractivity contribution in [1.82, 2.24) is 10.2 Å². The van der Waals surface area contributed by atoms with Gasteiger partial charge in [-0.2, -0.15) is 11.8 Å². The standard InChI is InChI=1S/C12H24N2OS/c1-5-10-11(15)14(9-13-10)8-12(6-2,7-3)16-4/h10,13H,5-9H2,1-4H3. The normalized spacial score (nSPS) is 21.9. The maximum Gasteiger partial charge on any atom is 0.240 e. The van der Waals surface area contributed by atoms with Gasteiger partial charge in [0.1, 0.15) is 0 Å². The number of nitrogens with zero attached hydrogens (tertiary/aromatic N) is 1. The Kier molecular flexibility index (Phi) is 5.12. The van der Waals surface area contributed by atoms with Gasteiger partial charge in [-0.3, -0.25) is 10.1 Å². The molecular formula is C12H24N2OS. The highest BCUT2D eigenvalue weighted by Crippen LogP contribution is 2.32. The van der Waals surface area contributed by atoms with Crippen LogP contribution in [0.4, 0.5) is 0 Å². The summed E-state index contributed by atoms with van der Waals surface area (Å²) in [5.74, 6) is 0.280. The largest absolute Gasteiger partial charge is 0.327 e. The van der Waals surface area contributed by atoms with Gasteiger partial charge in [-0.05, 0) is 25.5 Å². The van der Waals surface area contributed by atoms with Gasteiger partial charge >= 0.3 is 0 Å². The number of rotatable bonds is 6. The van der Waals surface area contributed by atoms with Crippen LogP contribution >= 0.6 is 11.8 Å². The zero-order valence-corrected chi connectivity index (χ0v) is 11.7. The summed E-state index contributed by atoms with van der Waals surface area (Å²) in [4.78, 5) is 14.0. The lowest BCUT2D eigenvalue weighted by atomic mass is 10.0. The number of nitrogens with one attached hydrogen (secondary N) is 1. The Morgan fingerprint density at radius 1 is 1.44 bits per heavy atom. The van der Waals surface area contributed by atoms with Crippen molar-refractivity contribution in [1.29, 1.82) is 0 Å². The second-order valence-corrected chi connectivity index (χ2v) is 5.73. The number of hydrogen-bond donors (Lipinski definition) is 1. The summed E-state index contributed by atoms with van der Waals surface area (Å²) >= 11 is 1.89. The second-order valence-electron chi connectivity index (χ2n) is 4.45. The molecule has 1 rings (SSSR count). The molecule has 1 heterocycles.